The Morgan fingerprint density at radius 2 is 2.35 bits per heavy atom. The molecule has 17 heavy (non-hydrogen) atoms. The number of rotatable bonds is 5. The van der Waals surface area contributed by atoms with Gasteiger partial charge in [0, 0.05) is 11.6 Å². The molecule has 90 valence electrons. The van der Waals surface area contributed by atoms with Gasteiger partial charge in [-0.05, 0) is 25.3 Å². The van der Waals surface area contributed by atoms with E-state index in [9.17, 15) is 0 Å². The molecule has 0 aromatic carbocycles. The van der Waals surface area contributed by atoms with Crippen LogP contribution in [0.1, 0.15) is 19.8 Å². The number of allylic oxidation sites excluding steroid dienone is 2. The van der Waals surface area contributed by atoms with Crippen molar-refractivity contribution in [1.82, 2.24) is 10.3 Å². The Morgan fingerprint density at radius 3 is 2.88 bits per heavy atom. The highest BCUT2D eigenvalue weighted by atomic mass is 15.5. The summed E-state index contributed by atoms with van der Waals surface area (Å²) in [7, 11) is 0. The van der Waals surface area contributed by atoms with Gasteiger partial charge in [0.15, 0.2) is 0 Å². The molecule has 3 heteroatoms. The second-order valence-corrected chi connectivity index (χ2v) is 4.55. The lowest BCUT2D eigenvalue weighted by molar-refractivity contribution is 0.403. The third-order valence-electron chi connectivity index (χ3n) is 2.88. The van der Waals surface area contributed by atoms with Gasteiger partial charge in [0.05, 0.1) is 24.2 Å². The van der Waals surface area contributed by atoms with Crippen LogP contribution in [0.15, 0.2) is 53.5 Å². The van der Waals surface area contributed by atoms with Crippen LogP contribution in [-0.4, -0.2) is 23.8 Å². The molecule has 1 saturated carbocycles. The minimum atomic E-state index is 0.591. The highest BCUT2D eigenvalue weighted by Crippen LogP contribution is 2.28. The maximum Gasteiger partial charge on any atom is 0.0764 e. The number of nitrogens with one attached hydrogen (secondary N) is 1. The maximum atomic E-state index is 4.36. The maximum absolute atomic E-state index is 4.36. The Labute approximate surface area is 103 Å². The summed E-state index contributed by atoms with van der Waals surface area (Å²) in [6, 6.07) is 0.591. The van der Waals surface area contributed by atoms with Crippen molar-refractivity contribution in [2.24, 2.45) is 5.10 Å². The molecule has 0 radical (unpaired) electrons. The lowest BCUT2D eigenvalue weighted by Gasteiger charge is -2.28. The fourth-order valence-electron chi connectivity index (χ4n) is 1.74. The number of hydrogen-bond donors (Lipinski definition) is 1. The highest BCUT2D eigenvalue weighted by Gasteiger charge is 2.27. The fourth-order valence-corrected chi connectivity index (χ4v) is 1.74. The van der Waals surface area contributed by atoms with Crippen LogP contribution in [-0.2, 0) is 0 Å². The average Bonchev–Trinajstić information content (AvgIpc) is 3.07. The lowest BCUT2D eigenvalue weighted by atomic mass is 10.0. The summed E-state index contributed by atoms with van der Waals surface area (Å²) in [4.78, 5) is 0. The normalized spacial score (nSPS) is 19.6. The van der Waals surface area contributed by atoms with Gasteiger partial charge in [0.25, 0.3) is 0 Å². The van der Waals surface area contributed by atoms with E-state index in [2.05, 4.69) is 30.2 Å². The highest BCUT2D eigenvalue weighted by molar-refractivity contribution is 5.87. The molecule has 1 heterocycles. The van der Waals surface area contributed by atoms with Crippen molar-refractivity contribution in [3.63, 3.8) is 0 Å². The Hall–Kier alpha value is -1.77. The zero-order valence-electron chi connectivity index (χ0n) is 10.4. The Balaban J connectivity index is 2.26. The molecule has 0 unspecified atom stereocenters. The van der Waals surface area contributed by atoms with Gasteiger partial charge in [-0.3, -0.25) is 5.01 Å². The standard InChI is InChI=1S/C14H19N3/c1-5-8-17-11(4)14(16-12-6-7-12)13(9-15-17)10(2)3/h5,9,12,16H,1-2,4,6-8H2,3H3. The molecular formula is C14H19N3. The molecule has 2 aliphatic rings. The minimum Gasteiger partial charge on any atom is -0.380 e. The average molecular weight is 229 g/mol. The Bertz CT molecular complexity index is 425. The minimum absolute atomic E-state index is 0.591. The third-order valence-corrected chi connectivity index (χ3v) is 2.88. The van der Waals surface area contributed by atoms with Gasteiger partial charge < -0.3 is 5.32 Å². The van der Waals surface area contributed by atoms with Gasteiger partial charge in [-0.25, -0.2) is 0 Å². The van der Waals surface area contributed by atoms with Gasteiger partial charge in [-0.1, -0.05) is 19.2 Å². The summed E-state index contributed by atoms with van der Waals surface area (Å²) in [5.41, 5.74) is 4.03. The quantitative estimate of drug-likeness (QED) is 0.734. The van der Waals surface area contributed by atoms with Gasteiger partial charge in [-0.2, -0.15) is 5.10 Å². The van der Waals surface area contributed by atoms with Crippen LogP contribution >= 0.6 is 0 Å². The summed E-state index contributed by atoms with van der Waals surface area (Å²) in [6.07, 6.45) is 6.14. The molecule has 0 bridgehead atoms. The van der Waals surface area contributed by atoms with Gasteiger partial charge in [0.2, 0.25) is 0 Å². The van der Waals surface area contributed by atoms with E-state index in [1.165, 1.54) is 12.8 Å². The molecule has 3 nitrogen and oxygen atoms in total. The zero-order chi connectivity index (χ0) is 12.4. The first-order valence-corrected chi connectivity index (χ1v) is 5.92. The molecule has 1 aliphatic heterocycles. The molecule has 1 aliphatic carbocycles. The molecule has 0 aromatic rings. The molecule has 0 atom stereocenters. The first-order chi connectivity index (χ1) is 8.13. The van der Waals surface area contributed by atoms with Crippen LogP contribution in [0.25, 0.3) is 0 Å². The van der Waals surface area contributed by atoms with Crippen molar-refractivity contribution in [2.45, 2.75) is 25.8 Å². The lowest BCUT2D eigenvalue weighted by Crippen LogP contribution is -2.30. The van der Waals surface area contributed by atoms with Gasteiger partial charge in [-0.15, -0.1) is 6.58 Å². The molecule has 0 spiro atoms. The third kappa shape index (κ3) is 2.49. The second-order valence-electron chi connectivity index (χ2n) is 4.55. The molecular weight excluding hydrogens is 210 g/mol. The van der Waals surface area contributed by atoms with Crippen LogP contribution in [0.2, 0.25) is 0 Å². The van der Waals surface area contributed by atoms with Crippen molar-refractivity contribution in [3.8, 4) is 0 Å². The van der Waals surface area contributed by atoms with Crippen LogP contribution in [0, 0.1) is 0 Å². The molecule has 0 amide bonds. The largest absolute Gasteiger partial charge is 0.380 e. The summed E-state index contributed by atoms with van der Waals surface area (Å²) < 4.78 is 0. The fraction of sp³-hybridized carbons (Fsp3) is 0.357. The smallest absolute Gasteiger partial charge is 0.0764 e. The van der Waals surface area contributed by atoms with Gasteiger partial charge in [0.1, 0.15) is 0 Å². The first kappa shape index (κ1) is 11.7. The predicted octanol–water partition coefficient (Wildman–Crippen LogP) is 2.57. The number of nitrogens with zero attached hydrogens (tertiary/aromatic N) is 2. The van der Waals surface area contributed by atoms with E-state index in [0.29, 0.717) is 12.6 Å². The molecule has 0 aromatic heterocycles. The van der Waals surface area contributed by atoms with E-state index in [4.69, 9.17) is 0 Å². The van der Waals surface area contributed by atoms with Crippen molar-refractivity contribution in [2.75, 3.05) is 6.54 Å². The van der Waals surface area contributed by atoms with Crippen LogP contribution in [0.4, 0.5) is 0 Å². The van der Waals surface area contributed by atoms with E-state index in [-0.39, 0.29) is 0 Å². The summed E-state index contributed by atoms with van der Waals surface area (Å²) in [6.45, 7) is 14.5. The van der Waals surface area contributed by atoms with E-state index in [0.717, 1.165) is 22.5 Å². The molecule has 1 fully saturated rings. The predicted molar refractivity (Wildman–Crippen MR) is 72.5 cm³/mol. The van der Waals surface area contributed by atoms with Crippen molar-refractivity contribution in [3.05, 3.63) is 48.4 Å². The molecule has 2 rings (SSSR count). The topological polar surface area (TPSA) is 27.6 Å². The van der Waals surface area contributed by atoms with Crippen molar-refractivity contribution < 1.29 is 0 Å². The van der Waals surface area contributed by atoms with E-state index < -0.39 is 0 Å². The van der Waals surface area contributed by atoms with E-state index in [1.807, 2.05) is 24.2 Å². The van der Waals surface area contributed by atoms with Crippen LogP contribution in [0.3, 0.4) is 0 Å². The van der Waals surface area contributed by atoms with E-state index in [1.54, 1.807) is 0 Å². The van der Waals surface area contributed by atoms with Crippen molar-refractivity contribution >= 4 is 6.21 Å². The molecule has 1 N–H and O–H groups in total. The zero-order valence-corrected chi connectivity index (χ0v) is 10.4. The Kier molecular flexibility index (Phi) is 3.18. The summed E-state index contributed by atoms with van der Waals surface area (Å²) in [5, 5.41) is 9.73. The molecule has 0 saturated heterocycles. The second kappa shape index (κ2) is 4.62. The van der Waals surface area contributed by atoms with Gasteiger partial charge >= 0.3 is 0 Å². The van der Waals surface area contributed by atoms with Crippen LogP contribution in [0.5, 0.6) is 0 Å². The van der Waals surface area contributed by atoms with E-state index >= 15 is 0 Å². The summed E-state index contributed by atoms with van der Waals surface area (Å²) >= 11 is 0. The monoisotopic (exact) mass is 229 g/mol. The SMILES string of the molecule is C=CCN1N=CC(C(=C)C)=C(NC2CC2)C1=C. The summed E-state index contributed by atoms with van der Waals surface area (Å²) in [5.74, 6) is 0. The number of hydrogen-bond acceptors (Lipinski definition) is 3. The Morgan fingerprint density at radius 1 is 1.65 bits per heavy atom. The van der Waals surface area contributed by atoms with Crippen LogP contribution < -0.4 is 5.32 Å². The first-order valence-electron chi connectivity index (χ1n) is 5.92. The number of hydrazone groups is 1. The van der Waals surface area contributed by atoms with Crippen molar-refractivity contribution in [1.29, 1.82) is 0 Å².